The molecular weight excluding hydrogens is 232 g/mol. The predicted octanol–water partition coefficient (Wildman–Crippen LogP) is 4.50. The number of nitrogens with one attached hydrogen (secondary N) is 1. The zero-order chi connectivity index (χ0) is 13.7. The Morgan fingerprint density at radius 1 is 1.16 bits per heavy atom. The zero-order valence-electron chi connectivity index (χ0n) is 12.4. The summed E-state index contributed by atoms with van der Waals surface area (Å²) in [4.78, 5) is 0. The zero-order valence-corrected chi connectivity index (χ0v) is 12.4. The first-order valence-corrected chi connectivity index (χ1v) is 7.53. The van der Waals surface area contributed by atoms with Gasteiger partial charge in [-0.1, -0.05) is 38.0 Å². The fourth-order valence-electron chi connectivity index (χ4n) is 2.57. The molecule has 0 fully saturated rings. The third-order valence-electron chi connectivity index (χ3n) is 3.65. The van der Waals surface area contributed by atoms with Crippen LogP contribution in [0.3, 0.4) is 0 Å². The maximum atomic E-state index is 3.57. The van der Waals surface area contributed by atoms with Gasteiger partial charge in [-0.2, -0.15) is 0 Å². The van der Waals surface area contributed by atoms with Gasteiger partial charge >= 0.3 is 0 Å². The molecule has 1 heterocycles. The summed E-state index contributed by atoms with van der Waals surface area (Å²) < 4.78 is 2.37. The lowest BCUT2D eigenvalue weighted by Crippen LogP contribution is -2.14. The van der Waals surface area contributed by atoms with Crippen molar-refractivity contribution in [3.05, 3.63) is 36.0 Å². The first-order valence-electron chi connectivity index (χ1n) is 7.53. The van der Waals surface area contributed by atoms with E-state index < -0.39 is 0 Å². The van der Waals surface area contributed by atoms with Crippen LogP contribution in [0, 0.1) is 0 Å². The minimum atomic E-state index is 0.513. The summed E-state index contributed by atoms with van der Waals surface area (Å²) in [5, 5.41) is 4.96. The van der Waals surface area contributed by atoms with Gasteiger partial charge in [0.2, 0.25) is 0 Å². The van der Waals surface area contributed by atoms with Gasteiger partial charge in [0.05, 0.1) is 0 Å². The Bertz CT molecular complexity index is 511. The van der Waals surface area contributed by atoms with Crippen molar-refractivity contribution in [2.75, 3.05) is 6.54 Å². The molecule has 0 saturated heterocycles. The fraction of sp³-hybridized carbons (Fsp3) is 0.529. The highest BCUT2D eigenvalue weighted by Crippen LogP contribution is 2.24. The number of fused-ring (bicyclic) bond motifs is 1. The molecule has 104 valence electrons. The Hall–Kier alpha value is -1.28. The normalized spacial score (nSPS) is 11.6. The van der Waals surface area contributed by atoms with Gasteiger partial charge in [-0.25, -0.2) is 0 Å². The second-order valence-electron chi connectivity index (χ2n) is 5.56. The van der Waals surface area contributed by atoms with Crippen LogP contribution in [0.25, 0.3) is 10.9 Å². The van der Waals surface area contributed by atoms with Gasteiger partial charge in [-0.15, -0.1) is 0 Å². The lowest BCUT2D eigenvalue weighted by molar-refractivity contribution is 0.605. The summed E-state index contributed by atoms with van der Waals surface area (Å²) in [7, 11) is 0. The van der Waals surface area contributed by atoms with E-state index in [4.69, 9.17) is 0 Å². The molecule has 0 atom stereocenters. The average molecular weight is 258 g/mol. The highest BCUT2D eigenvalue weighted by Gasteiger charge is 2.09. The Labute approximate surface area is 116 Å². The van der Waals surface area contributed by atoms with E-state index in [-0.39, 0.29) is 0 Å². The standard InChI is InChI=1S/C17H26N2/c1-4-5-8-11-18-12-15-13-19(14(2)3)17-10-7-6-9-16(15)17/h6-7,9-10,13-14,18H,4-5,8,11-12H2,1-3H3. The smallest absolute Gasteiger partial charge is 0.0486 e. The maximum absolute atomic E-state index is 3.57. The second-order valence-corrected chi connectivity index (χ2v) is 5.56. The van der Waals surface area contributed by atoms with Crippen LogP contribution in [0.1, 0.15) is 51.6 Å². The molecule has 1 aromatic heterocycles. The van der Waals surface area contributed by atoms with Gasteiger partial charge in [0.15, 0.2) is 0 Å². The fourth-order valence-corrected chi connectivity index (χ4v) is 2.57. The molecule has 2 heteroatoms. The van der Waals surface area contributed by atoms with Crippen LogP contribution in [-0.2, 0) is 6.54 Å². The van der Waals surface area contributed by atoms with Gasteiger partial charge < -0.3 is 9.88 Å². The van der Waals surface area contributed by atoms with E-state index in [0.29, 0.717) is 6.04 Å². The average Bonchev–Trinajstić information content (AvgIpc) is 2.78. The molecule has 1 aromatic carbocycles. The summed E-state index contributed by atoms with van der Waals surface area (Å²) in [5.41, 5.74) is 2.77. The van der Waals surface area contributed by atoms with Gasteiger partial charge in [0.25, 0.3) is 0 Å². The quantitative estimate of drug-likeness (QED) is 0.723. The molecule has 0 radical (unpaired) electrons. The lowest BCUT2D eigenvalue weighted by atomic mass is 10.2. The number of rotatable bonds is 7. The molecular formula is C17H26N2. The highest BCUT2D eigenvalue weighted by molar-refractivity contribution is 5.84. The summed E-state index contributed by atoms with van der Waals surface area (Å²) in [6.45, 7) is 8.82. The van der Waals surface area contributed by atoms with Crippen LogP contribution in [0.2, 0.25) is 0 Å². The summed E-state index contributed by atoms with van der Waals surface area (Å²) in [6.07, 6.45) is 6.19. The monoisotopic (exact) mass is 258 g/mol. The first-order chi connectivity index (χ1) is 9.24. The number of para-hydroxylation sites is 1. The number of aromatic nitrogens is 1. The highest BCUT2D eigenvalue weighted by atomic mass is 15.0. The number of unbranched alkanes of at least 4 members (excludes halogenated alkanes) is 2. The molecule has 0 unspecified atom stereocenters. The SMILES string of the molecule is CCCCCNCc1cn(C(C)C)c2ccccc12. The molecule has 2 rings (SSSR count). The van der Waals surface area contributed by atoms with Crippen LogP contribution >= 0.6 is 0 Å². The van der Waals surface area contributed by atoms with E-state index >= 15 is 0 Å². The molecule has 0 saturated carbocycles. The Balaban J connectivity index is 2.10. The van der Waals surface area contributed by atoms with E-state index in [9.17, 15) is 0 Å². The molecule has 0 aliphatic rings. The van der Waals surface area contributed by atoms with Crippen molar-refractivity contribution in [2.24, 2.45) is 0 Å². The Kier molecular flexibility index (Phi) is 5.03. The molecule has 0 aliphatic heterocycles. The van der Waals surface area contributed by atoms with Crippen LogP contribution in [0.4, 0.5) is 0 Å². The van der Waals surface area contributed by atoms with Gasteiger partial charge in [-0.3, -0.25) is 0 Å². The number of benzene rings is 1. The van der Waals surface area contributed by atoms with Crippen LogP contribution in [0.5, 0.6) is 0 Å². The third kappa shape index (κ3) is 3.38. The molecule has 0 aliphatic carbocycles. The van der Waals surface area contributed by atoms with Crippen LogP contribution < -0.4 is 5.32 Å². The van der Waals surface area contributed by atoms with Gasteiger partial charge in [0.1, 0.15) is 0 Å². The third-order valence-corrected chi connectivity index (χ3v) is 3.65. The predicted molar refractivity (Wildman–Crippen MR) is 83.6 cm³/mol. The lowest BCUT2D eigenvalue weighted by Gasteiger charge is -2.08. The van der Waals surface area contributed by atoms with Crippen LogP contribution in [0.15, 0.2) is 30.5 Å². The van der Waals surface area contributed by atoms with Crippen LogP contribution in [-0.4, -0.2) is 11.1 Å². The molecule has 1 N–H and O–H groups in total. The van der Waals surface area contributed by atoms with Gasteiger partial charge in [0, 0.05) is 29.7 Å². The van der Waals surface area contributed by atoms with Gasteiger partial charge in [-0.05, 0) is 38.4 Å². The summed E-state index contributed by atoms with van der Waals surface area (Å²) >= 11 is 0. The molecule has 0 amide bonds. The van der Waals surface area contributed by atoms with Crippen molar-refractivity contribution in [2.45, 2.75) is 52.6 Å². The number of hydrogen-bond acceptors (Lipinski definition) is 1. The van der Waals surface area contributed by atoms with Crippen molar-refractivity contribution >= 4 is 10.9 Å². The van der Waals surface area contributed by atoms with Crippen molar-refractivity contribution in [1.29, 1.82) is 0 Å². The minimum Gasteiger partial charge on any atom is -0.345 e. The van der Waals surface area contributed by atoms with E-state index in [0.717, 1.165) is 13.1 Å². The van der Waals surface area contributed by atoms with E-state index in [2.05, 4.69) is 61.1 Å². The first kappa shape index (κ1) is 14.1. The summed E-state index contributed by atoms with van der Waals surface area (Å²) in [6, 6.07) is 9.22. The van der Waals surface area contributed by atoms with Crippen molar-refractivity contribution in [3.8, 4) is 0 Å². The van der Waals surface area contributed by atoms with E-state index in [1.807, 2.05) is 0 Å². The maximum Gasteiger partial charge on any atom is 0.0486 e. The van der Waals surface area contributed by atoms with E-state index in [1.54, 1.807) is 0 Å². The van der Waals surface area contributed by atoms with Crippen molar-refractivity contribution in [1.82, 2.24) is 9.88 Å². The molecule has 19 heavy (non-hydrogen) atoms. The number of hydrogen-bond donors (Lipinski definition) is 1. The summed E-state index contributed by atoms with van der Waals surface area (Å²) in [5.74, 6) is 0. The van der Waals surface area contributed by atoms with E-state index in [1.165, 1.54) is 35.7 Å². The molecule has 2 nitrogen and oxygen atoms in total. The largest absolute Gasteiger partial charge is 0.345 e. The van der Waals surface area contributed by atoms with Crippen molar-refractivity contribution in [3.63, 3.8) is 0 Å². The van der Waals surface area contributed by atoms with Crippen molar-refractivity contribution < 1.29 is 0 Å². The second kappa shape index (κ2) is 6.76. The molecule has 2 aromatic rings. The number of nitrogens with zero attached hydrogens (tertiary/aromatic N) is 1. The Morgan fingerprint density at radius 2 is 1.95 bits per heavy atom. The molecule has 0 spiro atoms. The minimum absolute atomic E-state index is 0.513. The topological polar surface area (TPSA) is 17.0 Å². The Morgan fingerprint density at radius 3 is 2.68 bits per heavy atom. The molecule has 0 bridgehead atoms.